The molecule has 7 heteroatoms. The number of hydrogen-bond acceptors (Lipinski definition) is 3. The van der Waals surface area contributed by atoms with Crippen molar-refractivity contribution >= 4 is 71.2 Å². The van der Waals surface area contributed by atoms with Crippen LogP contribution in [0.15, 0.2) is 73.1 Å². The Labute approximate surface area is 183 Å². The molecule has 0 unspecified atom stereocenters. The fourth-order valence-corrected chi connectivity index (χ4v) is 4.22. The highest BCUT2D eigenvalue weighted by atomic mass is 79.9. The lowest BCUT2D eigenvalue weighted by atomic mass is 10.1. The maximum Gasteiger partial charge on any atom is 0.280 e. The van der Waals surface area contributed by atoms with Gasteiger partial charge in [-0.25, -0.2) is 0 Å². The standard InChI is InChI=1S/C20H15Br3N2O2/c1-3-8-27-19-13(9-15(22)11-18(19)23)10-17-12(2)24-25(20(17)26)16-6-4-14(21)5-7-16/h3-7,9-11H,1,8H2,2H3/b17-10+. The molecule has 1 aliphatic heterocycles. The number of carbonyl (C=O) groups excluding carboxylic acids is 1. The number of benzene rings is 2. The first-order valence-corrected chi connectivity index (χ1v) is 10.4. The Balaban J connectivity index is 2.00. The van der Waals surface area contributed by atoms with Crippen LogP contribution in [0.3, 0.4) is 0 Å². The minimum atomic E-state index is -0.180. The number of rotatable bonds is 5. The van der Waals surface area contributed by atoms with E-state index in [9.17, 15) is 4.79 Å². The first-order valence-electron chi connectivity index (χ1n) is 8.00. The molecular weight excluding hydrogens is 540 g/mol. The highest BCUT2D eigenvalue weighted by Gasteiger charge is 2.29. The van der Waals surface area contributed by atoms with Crippen LogP contribution in [0.4, 0.5) is 5.69 Å². The Morgan fingerprint density at radius 3 is 2.52 bits per heavy atom. The summed E-state index contributed by atoms with van der Waals surface area (Å²) < 4.78 is 8.38. The average Bonchev–Trinajstić information content (AvgIpc) is 2.90. The first kappa shape index (κ1) is 20.0. The van der Waals surface area contributed by atoms with Crippen LogP contribution in [-0.2, 0) is 4.79 Å². The van der Waals surface area contributed by atoms with Crippen LogP contribution < -0.4 is 9.75 Å². The number of carbonyl (C=O) groups is 1. The molecule has 1 amide bonds. The molecule has 27 heavy (non-hydrogen) atoms. The van der Waals surface area contributed by atoms with Crippen molar-refractivity contribution < 1.29 is 9.53 Å². The van der Waals surface area contributed by atoms with Gasteiger partial charge in [0.25, 0.3) is 5.91 Å². The number of ether oxygens (including phenoxy) is 1. The zero-order valence-electron chi connectivity index (χ0n) is 14.4. The molecule has 0 spiro atoms. The van der Waals surface area contributed by atoms with E-state index in [0.29, 0.717) is 29.3 Å². The number of amides is 1. The van der Waals surface area contributed by atoms with Crippen molar-refractivity contribution in [2.75, 3.05) is 11.6 Å². The Morgan fingerprint density at radius 1 is 1.15 bits per heavy atom. The van der Waals surface area contributed by atoms with Crippen molar-refractivity contribution in [3.63, 3.8) is 0 Å². The number of nitrogens with zero attached hydrogens (tertiary/aromatic N) is 2. The van der Waals surface area contributed by atoms with E-state index >= 15 is 0 Å². The van der Waals surface area contributed by atoms with Crippen LogP contribution in [0, 0.1) is 0 Å². The number of hydrogen-bond donors (Lipinski definition) is 0. The van der Waals surface area contributed by atoms with Gasteiger partial charge in [-0.1, -0.05) is 44.5 Å². The summed E-state index contributed by atoms with van der Waals surface area (Å²) >= 11 is 10.4. The summed E-state index contributed by atoms with van der Waals surface area (Å²) in [5, 5.41) is 5.83. The highest BCUT2D eigenvalue weighted by molar-refractivity contribution is 9.11. The normalized spacial score (nSPS) is 15.3. The predicted octanol–water partition coefficient (Wildman–Crippen LogP) is 6.35. The van der Waals surface area contributed by atoms with Gasteiger partial charge in [-0.3, -0.25) is 4.79 Å². The first-order chi connectivity index (χ1) is 12.9. The van der Waals surface area contributed by atoms with Crippen molar-refractivity contribution in [2.24, 2.45) is 5.10 Å². The third kappa shape index (κ3) is 4.42. The largest absolute Gasteiger partial charge is 0.488 e. The minimum Gasteiger partial charge on any atom is -0.488 e. The Morgan fingerprint density at radius 2 is 1.85 bits per heavy atom. The number of hydrazone groups is 1. The van der Waals surface area contributed by atoms with E-state index in [1.54, 1.807) is 12.2 Å². The van der Waals surface area contributed by atoms with E-state index in [1.807, 2.05) is 43.3 Å². The second kappa shape index (κ2) is 8.54. The van der Waals surface area contributed by atoms with Crippen LogP contribution in [0.5, 0.6) is 5.75 Å². The molecule has 1 heterocycles. The molecule has 4 nitrogen and oxygen atoms in total. The lowest BCUT2D eigenvalue weighted by Gasteiger charge is -2.13. The predicted molar refractivity (Wildman–Crippen MR) is 120 cm³/mol. The summed E-state index contributed by atoms with van der Waals surface area (Å²) in [5.74, 6) is 0.467. The van der Waals surface area contributed by atoms with Crippen LogP contribution >= 0.6 is 47.8 Å². The Kier molecular flexibility index (Phi) is 6.34. The Hall–Kier alpha value is -1.70. The van der Waals surface area contributed by atoms with Gasteiger partial charge in [0.05, 0.1) is 21.4 Å². The van der Waals surface area contributed by atoms with Gasteiger partial charge in [0, 0.05) is 14.5 Å². The summed E-state index contributed by atoms with van der Waals surface area (Å²) in [7, 11) is 0. The molecule has 138 valence electrons. The van der Waals surface area contributed by atoms with Gasteiger partial charge in [0.2, 0.25) is 0 Å². The molecule has 1 aliphatic rings. The quantitative estimate of drug-likeness (QED) is 0.319. The van der Waals surface area contributed by atoms with Crippen LogP contribution in [0.1, 0.15) is 12.5 Å². The van der Waals surface area contributed by atoms with E-state index in [4.69, 9.17) is 4.74 Å². The van der Waals surface area contributed by atoms with E-state index in [1.165, 1.54) is 5.01 Å². The molecule has 0 atom stereocenters. The minimum absolute atomic E-state index is 0.180. The summed E-state index contributed by atoms with van der Waals surface area (Å²) in [4.78, 5) is 13.0. The number of halogens is 3. The Bertz CT molecular complexity index is 966. The second-order valence-corrected chi connectivity index (χ2v) is 8.43. The third-order valence-electron chi connectivity index (χ3n) is 3.82. The lowest BCUT2D eigenvalue weighted by molar-refractivity contribution is -0.114. The van der Waals surface area contributed by atoms with Crippen molar-refractivity contribution in [2.45, 2.75) is 6.92 Å². The molecule has 2 aromatic rings. The van der Waals surface area contributed by atoms with Crippen LogP contribution in [0.2, 0.25) is 0 Å². The van der Waals surface area contributed by atoms with E-state index < -0.39 is 0 Å². The molecule has 0 bridgehead atoms. The lowest BCUT2D eigenvalue weighted by Crippen LogP contribution is -2.21. The maximum absolute atomic E-state index is 13.0. The van der Waals surface area contributed by atoms with Crippen LogP contribution in [0.25, 0.3) is 6.08 Å². The topological polar surface area (TPSA) is 41.9 Å². The van der Waals surface area contributed by atoms with Crippen molar-refractivity contribution in [1.29, 1.82) is 0 Å². The molecule has 0 aliphatic carbocycles. The summed E-state index contributed by atoms with van der Waals surface area (Å²) in [6.45, 7) is 5.86. The fraction of sp³-hybridized carbons (Fsp3) is 0.100. The molecule has 0 radical (unpaired) electrons. The van der Waals surface area contributed by atoms with Crippen molar-refractivity contribution in [3.8, 4) is 5.75 Å². The van der Waals surface area contributed by atoms with Gasteiger partial charge in [-0.2, -0.15) is 10.1 Å². The maximum atomic E-state index is 13.0. The van der Waals surface area contributed by atoms with E-state index in [-0.39, 0.29) is 5.91 Å². The van der Waals surface area contributed by atoms with Gasteiger partial charge in [0.15, 0.2) is 0 Å². The zero-order valence-corrected chi connectivity index (χ0v) is 19.1. The van der Waals surface area contributed by atoms with Gasteiger partial charge in [-0.15, -0.1) is 0 Å². The monoisotopic (exact) mass is 552 g/mol. The van der Waals surface area contributed by atoms with Crippen molar-refractivity contribution in [3.05, 3.63) is 73.6 Å². The molecule has 2 aromatic carbocycles. The van der Waals surface area contributed by atoms with E-state index in [0.717, 1.165) is 19.0 Å². The molecule has 0 saturated carbocycles. The molecule has 0 fully saturated rings. The van der Waals surface area contributed by atoms with Gasteiger partial charge >= 0.3 is 0 Å². The fourth-order valence-electron chi connectivity index (χ4n) is 2.58. The molecular formula is C20H15Br3N2O2. The summed E-state index contributed by atoms with van der Waals surface area (Å²) in [5.41, 5.74) is 2.65. The van der Waals surface area contributed by atoms with Crippen molar-refractivity contribution in [1.82, 2.24) is 0 Å². The van der Waals surface area contributed by atoms with E-state index in [2.05, 4.69) is 59.5 Å². The molecule has 3 rings (SSSR count). The summed E-state index contributed by atoms with van der Waals surface area (Å²) in [6, 6.07) is 11.2. The highest BCUT2D eigenvalue weighted by Crippen LogP contribution is 2.35. The second-order valence-electron chi connectivity index (χ2n) is 5.74. The summed E-state index contributed by atoms with van der Waals surface area (Å²) in [6.07, 6.45) is 3.47. The van der Waals surface area contributed by atoms with Gasteiger partial charge in [-0.05, 0) is 65.3 Å². The number of anilines is 1. The van der Waals surface area contributed by atoms with Gasteiger partial charge in [0.1, 0.15) is 12.4 Å². The molecule has 0 aromatic heterocycles. The SMILES string of the molecule is C=CCOc1c(Br)cc(Br)cc1/C=C1/C(=O)N(c2ccc(Br)cc2)N=C1C. The molecule has 0 saturated heterocycles. The average molecular weight is 555 g/mol. The van der Waals surface area contributed by atoms with Crippen LogP contribution in [-0.4, -0.2) is 18.2 Å². The molecule has 0 N–H and O–H groups in total. The third-order valence-corrected chi connectivity index (χ3v) is 5.39. The van der Waals surface area contributed by atoms with Gasteiger partial charge < -0.3 is 4.74 Å². The smallest absolute Gasteiger partial charge is 0.280 e. The zero-order chi connectivity index (χ0) is 19.6.